The molecule has 0 aromatic carbocycles. The third-order valence-corrected chi connectivity index (χ3v) is 4.52. The van der Waals surface area contributed by atoms with Gasteiger partial charge >= 0.3 is 11.8 Å². The molecule has 0 spiro atoms. The van der Waals surface area contributed by atoms with Crippen LogP contribution in [0.2, 0.25) is 0 Å². The van der Waals surface area contributed by atoms with Crippen LogP contribution in [0.4, 0.5) is 10.5 Å². The molecular formula is C13H17N3O5S2. The maximum Gasteiger partial charge on any atom is 0.408 e. The fraction of sp³-hybridized carbons (Fsp3) is 0.462. The molecule has 0 aliphatic rings. The zero-order valence-electron chi connectivity index (χ0n) is 12.8. The minimum atomic E-state index is -0.759. The quantitative estimate of drug-likeness (QED) is 0.342. The smallest absolute Gasteiger partial charge is 0.408 e. The number of aldehydes is 1. The SMILES string of the molecule is CC(C)(C)OC(=O)N[C@H](C=O)CSSc1ncccc1[N+](=O)[O-]. The van der Waals surface area contributed by atoms with E-state index in [4.69, 9.17) is 4.74 Å². The maximum atomic E-state index is 11.6. The first-order chi connectivity index (χ1) is 10.7. The molecule has 1 heterocycles. The van der Waals surface area contributed by atoms with Gasteiger partial charge < -0.3 is 14.8 Å². The van der Waals surface area contributed by atoms with Gasteiger partial charge in [0.25, 0.3) is 0 Å². The van der Waals surface area contributed by atoms with Gasteiger partial charge in [-0.05, 0) is 37.6 Å². The summed E-state index contributed by atoms with van der Waals surface area (Å²) in [5, 5.41) is 13.5. The molecule has 0 unspecified atom stereocenters. The number of nitrogens with one attached hydrogen (secondary N) is 1. The highest BCUT2D eigenvalue weighted by Crippen LogP contribution is 2.35. The summed E-state index contributed by atoms with van der Waals surface area (Å²) in [5.41, 5.74) is -0.763. The molecule has 0 fully saturated rings. The van der Waals surface area contributed by atoms with Crippen molar-refractivity contribution in [1.29, 1.82) is 0 Å². The first-order valence-electron chi connectivity index (χ1n) is 6.56. The lowest BCUT2D eigenvalue weighted by Gasteiger charge is -2.21. The maximum absolute atomic E-state index is 11.6. The number of pyridine rings is 1. The molecule has 0 radical (unpaired) electrons. The van der Waals surface area contributed by atoms with E-state index in [-0.39, 0.29) is 16.5 Å². The van der Waals surface area contributed by atoms with Crippen molar-refractivity contribution < 1.29 is 19.2 Å². The van der Waals surface area contributed by atoms with Crippen LogP contribution in [-0.4, -0.2) is 39.7 Å². The second-order valence-electron chi connectivity index (χ2n) is 5.34. The number of carbonyl (C=O) groups excluding carboxylic acids is 2. The Morgan fingerprint density at radius 3 is 2.83 bits per heavy atom. The van der Waals surface area contributed by atoms with Crippen molar-refractivity contribution in [3.63, 3.8) is 0 Å². The summed E-state index contributed by atoms with van der Waals surface area (Å²) in [7, 11) is 2.25. The van der Waals surface area contributed by atoms with Crippen LogP contribution in [0.3, 0.4) is 0 Å². The molecule has 1 amide bonds. The number of amides is 1. The van der Waals surface area contributed by atoms with Crippen LogP contribution in [0.5, 0.6) is 0 Å². The fourth-order valence-electron chi connectivity index (χ4n) is 1.32. The van der Waals surface area contributed by atoms with Gasteiger partial charge in [0.2, 0.25) is 0 Å². The van der Waals surface area contributed by atoms with Crippen LogP contribution in [0.25, 0.3) is 0 Å². The topological polar surface area (TPSA) is 111 Å². The zero-order chi connectivity index (χ0) is 17.5. The third kappa shape index (κ3) is 7.33. The van der Waals surface area contributed by atoms with Gasteiger partial charge in [0.05, 0.1) is 11.0 Å². The van der Waals surface area contributed by atoms with E-state index in [0.717, 1.165) is 10.8 Å². The molecule has 8 nitrogen and oxygen atoms in total. The first-order valence-corrected chi connectivity index (χ1v) is 8.88. The molecule has 0 saturated carbocycles. The fourth-order valence-corrected chi connectivity index (χ4v) is 3.51. The number of nitro groups is 1. The predicted octanol–water partition coefficient (Wildman–Crippen LogP) is 2.82. The molecule has 10 heteroatoms. The second-order valence-corrected chi connectivity index (χ2v) is 7.67. The number of ether oxygens (including phenoxy) is 1. The molecule has 1 N–H and O–H groups in total. The van der Waals surface area contributed by atoms with Crippen molar-refractivity contribution in [2.75, 3.05) is 5.75 Å². The molecule has 0 saturated heterocycles. The van der Waals surface area contributed by atoms with E-state index in [2.05, 4.69) is 10.3 Å². The zero-order valence-corrected chi connectivity index (χ0v) is 14.5. The number of nitrogens with zero attached hydrogens (tertiary/aromatic N) is 2. The predicted molar refractivity (Wildman–Crippen MR) is 88.4 cm³/mol. The Morgan fingerprint density at radius 2 is 2.26 bits per heavy atom. The summed E-state index contributed by atoms with van der Waals surface area (Å²) in [6.07, 6.45) is 1.35. The van der Waals surface area contributed by atoms with Crippen molar-refractivity contribution in [2.24, 2.45) is 0 Å². The summed E-state index contributed by atoms with van der Waals surface area (Å²) in [6, 6.07) is 2.07. The average Bonchev–Trinajstić information content (AvgIpc) is 2.44. The number of hydrogen-bond donors (Lipinski definition) is 1. The molecular weight excluding hydrogens is 342 g/mol. The monoisotopic (exact) mass is 359 g/mol. The lowest BCUT2D eigenvalue weighted by molar-refractivity contribution is -0.388. The molecule has 1 aromatic heterocycles. The van der Waals surface area contributed by atoms with Crippen LogP contribution in [-0.2, 0) is 9.53 Å². The van der Waals surface area contributed by atoms with Crippen LogP contribution in [0, 0.1) is 10.1 Å². The molecule has 126 valence electrons. The standard InChI is InChI=1S/C13H17N3O5S2/c1-13(2,3)21-12(18)15-9(7-17)8-22-23-11-10(16(19)20)5-4-6-14-11/h4-7,9H,8H2,1-3H3,(H,15,18)/t9-/m1/s1. The highest BCUT2D eigenvalue weighted by atomic mass is 33.1. The molecule has 1 rings (SSSR count). The Hall–Kier alpha value is -1.81. The summed E-state index contributed by atoms with van der Waals surface area (Å²) >= 11 is 0. The number of hydrogen-bond acceptors (Lipinski definition) is 8. The lowest BCUT2D eigenvalue weighted by atomic mass is 10.2. The minimum Gasteiger partial charge on any atom is -0.444 e. The summed E-state index contributed by atoms with van der Waals surface area (Å²) in [5.74, 6) is 0.223. The summed E-state index contributed by atoms with van der Waals surface area (Å²) in [6.45, 7) is 5.15. The Labute approximate surface area is 141 Å². The van der Waals surface area contributed by atoms with E-state index >= 15 is 0 Å². The van der Waals surface area contributed by atoms with Gasteiger partial charge in [0, 0.05) is 18.0 Å². The largest absolute Gasteiger partial charge is 0.444 e. The molecule has 0 aliphatic heterocycles. The van der Waals surface area contributed by atoms with Crippen molar-refractivity contribution in [1.82, 2.24) is 10.3 Å². The number of alkyl carbamates (subject to hydrolysis) is 1. The van der Waals surface area contributed by atoms with E-state index in [0.29, 0.717) is 6.29 Å². The molecule has 1 aromatic rings. The van der Waals surface area contributed by atoms with E-state index in [9.17, 15) is 19.7 Å². The Morgan fingerprint density at radius 1 is 1.57 bits per heavy atom. The molecule has 0 aliphatic carbocycles. The van der Waals surface area contributed by atoms with E-state index in [1.54, 1.807) is 20.8 Å². The number of carbonyl (C=O) groups is 2. The molecule has 23 heavy (non-hydrogen) atoms. The van der Waals surface area contributed by atoms with Gasteiger partial charge in [-0.2, -0.15) is 0 Å². The second kappa shape index (κ2) is 8.73. The normalized spacial score (nSPS) is 12.3. The van der Waals surface area contributed by atoms with Crippen LogP contribution >= 0.6 is 21.6 Å². The number of rotatable bonds is 7. The first kappa shape index (κ1) is 19.2. The van der Waals surface area contributed by atoms with E-state index in [1.165, 1.54) is 29.1 Å². The Kier molecular flexibility index (Phi) is 7.30. The third-order valence-electron chi connectivity index (χ3n) is 2.20. The van der Waals surface area contributed by atoms with Crippen molar-refractivity contribution in [3.8, 4) is 0 Å². The van der Waals surface area contributed by atoms with Gasteiger partial charge in [0.1, 0.15) is 11.9 Å². The van der Waals surface area contributed by atoms with Gasteiger partial charge in [0.15, 0.2) is 5.03 Å². The van der Waals surface area contributed by atoms with Crippen LogP contribution in [0.15, 0.2) is 23.4 Å². The highest BCUT2D eigenvalue weighted by Gasteiger charge is 2.20. The van der Waals surface area contributed by atoms with Crippen molar-refractivity contribution in [3.05, 3.63) is 28.4 Å². The number of aromatic nitrogens is 1. The van der Waals surface area contributed by atoms with Crippen molar-refractivity contribution >= 4 is 39.7 Å². The Bertz CT molecular complexity index is 577. The van der Waals surface area contributed by atoms with Gasteiger partial charge in [-0.25, -0.2) is 9.78 Å². The van der Waals surface area contributed by atoms with Crippen LogP contribution in [0.1, 0.15) is 20.8 Å². The van der Waals surface area contributed by atoms with Crippen molar-refractivity contribution in [2.45, 2.75) is 37.4 Å². The summed E-state index contributed by atoms with van der Waals surface area (Å²) in [4.78, 5) is 36.9. The minimum absolute atomic E-state index is 0.104. The van der Waals surface area contributed by atoms with Gasteiger partial charge in [-0.15, -0.1) is 0 Å². The highest BCUT2D eigenvalue weighted by molar-refractivity contribution is 8.76. The summed E-state index contributed by atoms with van der Waals surface area (Å²) < 4.78 is 5.06. The Balaban J connectivity index is 2.51. The van der Waals surface area contributed by atoms with E-state index < -0.39 is 22.7 Å². The lowest BCUT2D eigenvalue weighted by Crippen LogP contribution is -2.41. The van der Waals surface area contributed by atoms with Gasteiger partial charge in [-0.1, -0.05) is 10.8 Å². The van der Waals surface area contributed by atoms with Gasteiger partial charge in [-0.3, -0.25) is 10.1 Å². The van der Waals surface area contributed by atoms with Crippen LogP contribution < -0.4 is 5.32 Å². The van der Waals surface area contributed by atoms with E-state index in [1.807, 2.05) is 0 Å². The average molecular weight is 359 g/mol. The molecule has 0 bridgehead atoms. The molecule has 1 atom stereocenters.